The van der Waals surface area contributed by atoms with E-state index in [4.69, 9.17) is 5.11 Å². The lowest BCUT2D eigenvalue weighted by molar-refractivity contribution is -0.103. The number of allylic oxidation sites excluding steroid dienone is 1. The molecule has 1 aromatic rings. The Labute approximate surface area is 83.9 Å². The summed E-state index contributed by atoms with van der Waals surface area (Å²) >= 11 is 0. The maximum atomic E-state index is 10.7. The van der Waals surface area contributed by atoms with Gasteiger partial charge in [0.15, 0.2) is 6.29 Å². The summed E-state index contributed by atoms with van der Waals surface area (Å²) in [5.74, 6) is 0. The average molecular weight is 190 g/mol. The lowest BCUT2D eigenvalue weighted by Gasteiger charge is -2.09. The van der Waals surface area contributed by atoms with Gasteiger partial charge in [0.25, 0.3) is 0 Å². The highest BCUT2D eigenvalue weighted by molar-refractivity contribution is 6.07. The molecule has 0 radical (unpaired) electrons. The standard InChI is InChI=1S/C12H14O2/c1-8-4-9(2)12(10(3)5-8)11(6-13)7-14/h4-7,13H,1-3H3/b11-6-. The Morgan fingerprint density at radius 3 is 2.07 bits per heavy atom. The molecule has 0 aliphatic heterocycles. The van der Waals surface area contributed by atoms with Gasteiger partial charge >= 0.3 is 0 Å². The van der Waals surface area contributed by atoms with E-state index in [9.17, 15) is 4.79 Å². The van der Waals surface area contributed by atoms with E-state index in [-0.39, 0.29) is 0 Å². The molecule has 0 unspecified atom stereocenters. The Bertz CT molecular complexity index is 366. The van der Waals surface area contributed by atoms with Crippen LogP contribution in [0.15, 0.2) is 18.4 Å². The van der Waals surface area contributed by atoms with Gasteiger partial charge in [-0.1, -0.05) is 17.7 Å². The molecule has 1 aromatic carbocycles. The van der Waals surface area contributed by atoms with E-state index in [1.54, 1.807) is 0 Å². The number of benzene rings is 1. The van der Waals surface area contributed by atoms with Crippen molar-refractivity contribution in [1.29, 1.82) is 0 Å². The maximum Gasteiger partial charge on any atom is 0.153 e. The summed E-state index contributed by atoms with van der Waals surface area (Å²) in [7, 11) is 0. The zero-order valence-electron chi connectivity index (χ0n) is 8.66. The van der Waals surface area contributed by atoms with Crippen LogP contribution in [0.2, 0.25) is 0 Å². The first-order valence-corrected chi connectivity index (χ1v) is 4.48. The summed E-state index contributed by atoms with van der Waals surface area (Å²) in [5, 5.41) is 8.90. The third-order valence-electron chi connectivity index (χ3n) is 2.23. The fourth-order valence-corrected chi connectivity index (χ4v) is 1.79. The molecule has 0 saturated carbocycles. The molecule has 0 saturated heterocycles. The van der Waals surface area contributed by atoms with Crippen molar-refractivity contribution in [3.8, 4) is 0 Å². The lowest BCUT2D eigenvalue weighted by Crippen LogP contribution is -1.95. The van der Waals surface area contributed by atoms with Gasteiger partial charge in [-0.3, -0.25) is 4.79 Å². The van der Waals surface area contributed by atoms with Crippen LogP contribution in [0.3, 0.4) is 0 Å². The third-order valence-corrected chi connectivity index (χ3v) is 2.23. The molecule has 2 nitrogen and oxygen atoms in total. The Hall–Kier alpha value is -1.57. The van der Waals surface area contributed by atoms with Crippen molar-refractivity contribution in [2.45, 2.75) is 20.8 Å². The van der Waals surface area contributed by atoms with Gasteiger partial charge < -0.3 is 5.11 Å². The molecule has 0 atom stereocenters. The van der Waals surface area contributed by atoms with Gasteiger partial charge in [-0.15, -0.1) is 0 Å². The van der Waals surface area contributed by atoms with Crippen molar-refractivity contribution in [1.82, 2.24) is 0 Å². The summed E-state index contributed by atoms with van der Waals surface area (Å²) in [6.07, 6.45) is 1.53. The predicted molar refractivity (Wildman–Crippen MR) is 57.3 cm³/mol. The molecule has 1 N–H and O–H groups in total. The normalized spacial score (nSPS) is 11.5. The zero-order chi connectivity index (χ0) is 10.7. The van der Waals surface area contributed by atoms with Gasteiger partial charge in [0, 0.05) is 0 Å². The highest BCUT2D eigenvalue weighted by Crippen LogP contribution is 2.22. The number of aliphatic hydroxyl groups is 1. The fourth-order valence-electron chi connectivity index (χ4n) is 1.79. The van der Waals surface area contributed by atoms with Crippen molar-refractivity contribution in [3.63, 3.8) is 0 Å². The largest absolute Gasteiger partial charge is 0.515 e. The Balaban J connectivity index is 3.41. The van der Waals surface area contributed by atoms with Gasteiger partial charge in [-0.05, 0) is 37.5 Å². The number of aryl methyl sites for hydroxylation is 3. The second-order valence-corrected chi connectivity index (χ2v) is 3.48. The highest BCUT2D eigenvalue weighted by atomic mass is 16.2. The number of aldehydes is 1. The summed E-state index contributed by atoms with van der Waals surface area (Å²) in [6.45, 7) is 5.87. The molecule has 1 rings (SSSR count). The summed E-state index contributed by atoms with van der Waals surface area (Å²) in [6, 6.07) is 3.99. The molecule has 74 valence electrons. The van der Waals surface area contributed by atoms with E-state index >= 15 is 0 Å². The molecule has 14 heavy (non-hydrogen) atoms. The van der Waals surface area contributed by atoms with Crippen LogP contribution >= 0.6 is 0 Å². The number of rotatable bonds is 2. The van der Waals surface area contributed by atoms with Crippen LogP contribution in [0.4, 0.5) is 0 Å². The molecule has 0 aliphatic carbocycles. The quantitative estimate of drug-likeness (QED) is 0.442. The minimum atomic E-state index is 0.333. The van der Waals surface area contributed by atoms with Gasteiger partial charge in [-0.2, -0.15) is 0 Å². The molecule has 0 fully saturated rings. The number of hydrogen-bond donors (Lipinski definition) is 1. The maximum absolute atomic E-state index is 10.7. The average Bonchev–Trinajstić information content (AvgIpc) is 2.10. The molecule has 0 aliphatic rings. The smallest absolute Gasteiger partial charge is 0.153 e. The number of carbonyl (C=O) groups is 1. The minimum absolute atomic E-state index is 0.333. The van der Waals surface area contributed by atoms with E-state index in [1.165, 1.54) is 0 Å². The SMILES string of the molecule is Cc1cc(C)c(/C(C=O)=C\O)c(C)c1. The van der Waals surface area contributed by atoms with Crippen LogP contribution in [-0.4, -0.2) is 11.4 Å². The van der Waals surface area contributed by atoms with Gasteiger partial charge in [0.2, 0.25) is 0 Å². The van der Waals surface area contributed by atoms with Crippen molar-refractivity contribution < 1.29 is 9.90 Å². The van der Waals surface area contributed by atoms with E-state index in [0.29, 0.717) is 11.9 Å². The number of carbonyl (C=O) groups excluding carboxylic acids is 1. The zero-order valence-corrected chi connectivity index (χ0v) is 8.66. The first-order chi connectivity index (χ1) is 6.60. The number of aliphatic hydroxyl groups excluding tert-OH is 1. The van der Waals surface area contributed by atoms with Crippen molar-refractivity contribution in [3.05, 3.63) is 40.6 Å². The Kier molecular flexibility index (Phi) is 3.07. The topological polar surface area (TPSA) is 37.3 Å². The van der Waals surface area contributed by atoms with E-state index in [1.807, 2.05) is 32.9 Å². The molecule has 0 bridgehead atoms. The fraction of sp³-hybridized carbons (Fsp3) is 0.250. The first kappa shape index (κ1) is 10.5. The molecular formula is C12H14O2. The molecular weight excluding hydrogens is 176 g/mol. The minimum Gasteiger partial charge on any atom is -0.515 e. The Morgan fingerprint density at radius 2 is 1.71 bits per heavy atom. The third kappa shape index (κ3) is 1.84. The summed E-state index contributed by atoms with van der Waals surface area (Å²) in [5.41, 5.74) is 4.34. The Morgan fingerprint density at radius 1 is 1.21 bits per heavy atom. The number of hydrogen-bond acceptors (Lipinski definition) is 2. The molecule has 0 heterocycles. The highest BCUT2D eigenvalue weighted by Gasteiger charge is 2.08. The van der Waals surface area contributed by atoms with Crippen LogP contribution < -0.4 is 0 Å². The van der Waals surface area contributed by atoms with Gasteiger partial charge in [0.1, 0.15) is 0 Å². The molecule has 2 heteroatoms. The van der Waals surface area contributed by atoms with Crippen LogP contribution in [0.5, 0.6) is 0 Å². The molecule has 0 spiro atoms. The van der Waals surface area contributed by atoms with Crippen LogP contribution in [0.25, 0.3) is 5.57 Å². The predicted octanol–water partition coefficient (Wildman–Crippen LogP) is 2.71. The van der Waals surface area contributed by atoms with E-state index in [0.717, 1.165) is 28.5 Å². The van der Waals surface area contributed by atoms with E-state index in [2.05, 4.69) is 0 Å². The second kappa shape index (κ2) is 4.09. The summed E-state index contributed by atoms with van der Waals surface area (Å²) < 4.78 is 0. The van der Waals surface area contributed by atoms with Crippen LogP contribution in [-0.2, 0) is 4.79 Å². The monoisotopic (exact) mass is 190 g/mol. The van der Waals surface area contributed by atoms with Crippen molar-refractivity contribution >= 4 is 11.9 Å². The first-order valence-electron chi connectivity index (χ1n) is 4.48. The lowest BCUT2D eigenvalue weighted by atomic mass is 9.95. The van der Waals surface area contributed by atoms with Gasteiger partial charge in [0.05, 0.1) is 11.8 Å². The van der Waals surface area contributed by atoms with Crippen LogP contribution in [0, 0.1) is 20.8 Å². The molecule has 0 amide bonds. The van der Waals surface area contributed by atoms with Crippen molar-refractivity contribution in [2.75, 3.05) is 0 Å². The molecule has 0 aromatic heterocycles. The van der Waals surface area contributed by atoms with Crippen molar-refractivity contribution in [2.24, 2.45) is 0 Å². The van der Waals surface area contributed by atoms with Crippen LogP contribution in [0.1, 0.15) is 22.3 Å². The van der Waals surface area contributed by atoms with Gasteiger partial charge in [-0.25, -0.2) is 0 Å². The second-order valence-electron chi connectivity index (χ2n) is 3.48. The van der Waals surface area contributed by atoms with E-state index < -0.39 is 0 Å². The summed E-state index contributed by atoms with van der Waals surface area (Å²) in [4.78, 5) is 10.7.